The van der Waals surface area contributed by atoms with E-state index < -0.39 is 17.6 Å². The summed E-state index contributed by atoms with van der Waals surface area (Å²) in [5, 5.41) is 9.59. The second kappa shape index (κ2) is 6.19. The second-order valence-electron chi connectivity index (χ2n) is 4.92. The molecule has 0 atom stereocenters. The molecule has 0 spiro atoms. The molecule has 3 nitrogen and oxygen atoms in total. The number of aromatic carboxylic acids is 1. The van der Waals surface area contributed by atoms with Gasteiger partial charge in [-0.15, -0.1) is 11.3 Å². The molecule has 1 heterocycles. The summed E-state index contributed by atoms with van der Waals surface area (Å²) < 4.78 is 26.7. The lowest BCUT2D eigenvalue weighted by atomic mass is 10.1. The van der Waals surface area contributed by atoms with Crippen LogP contribution in [-0.2, 0) is 6.42 Å². The van der Waals surface area contributed by atoms with Crippen LogP contribution < -0.4 is 0 Å². The number of benzene rings is 1. The van der Waals surface area contributed by atoms with Crippen molar-refractivity contribution in [3.05, 3.63) is 38.8 Å². The van der Waals surface area contributed by atoms with Gasteiger partial charge in [0.05, 0.1) is 10.2 Å². The Morgan fingerprint density at radius 2 is 2.10 bits per heavy atom. The molecular weight excluding hydrogens is 364 g/mol. The van der Waals surface area contributed by atoms with Gasteiger partial charge in [0.15, 0.2) is 11.6 Å². The van der Waals surface area contributed by atoms with E-state index in [1.165, 1.54) is 6.07 Å². The zero-order valence-corrected chi connectivity index (χ0v) is 13.7. The summed E-state index contributed by atoms with van der Waals surface area (Å²) in [6, 6.07) is 2.38. The summed E-state index contributed by atoms with van der Waals surface area (Å²) in [7, 11) is 0. The number of aromatic nitrogens is 1. The summed E-state index contributed by atoms with van der Waals surface area (Å²) in [4.78, 5) is 15.7. The monoisotopic (exact) mass is 375 g/mol. The number of halogens is 3. The van der Waals surface area contributed by atoms with Gasteiger partial charge in [-0.2, -0.15) is 0 Å². The molecule has 1 aromatic carbocycles. The summed E-state index contributed by atoms with van der Waals surface area (Å²) in [5.74, 6) is -2.80. The number of hydrogen-bond acceptors (Lipinski definition) is 3. The zero-order chi connectivity index (χ0) is 15.7. The average molecular weight is 376 g/mol. The molecule has 0 saturated heterocycles. The molecule has 0 saturated carbocycles. The fraction of sp³-hybridized carbons (Fsp3) is 0.286. The standard InChI is InChI=1S/C14H12BrF2NO2S/c1-6(2)5-9-12(14(19)20)21-13(18-9)7-3-4-8(16)11(17)10(7)15/h3-4,6H,5H2,1-2H3,(H,19,20). The quantitative estimate of drug-likeness (QED) is 0.784. The molecule has 0 aliphatic carbocycles. The molecule has 0 unspecified atom stereocenters. The van der Waals surface area contributed by atoms with Gasteiger partial charge in [-0.3, -0.25) is 0 Å². The van der Waals surface area contributed by atoms with E-state index in [2.05, 4.69) is 20.9 Å². The average Bonchev–Trinajstić information content (AvgIpc) is 2.79. The Labute approximate surface area is 132 Å². The third kappa shape index (κ3) is 3.29. The molecule has 1 aromatic heterocycles. The number of nitrogens with zero attached hydrogens (tertiary/aromatic N) is 1. The molecule has 0 bridgehead atoms. The van der Waals surface area contributed by atoms with Gasteiger partial charge in [0.1, 0.15) is 9.88 Å². The number of carbonyl (C=O) groups is 1. The van der Waals surface area contributed by atoms with E-state index in [1.807, 2.05) is 13.8 Å². The van der Waals surface area contributed by atoms with Gasteiger partial charge >= 0.3 is 5.97 Å². The van der Waals surface area contributed by atoms with Crippen LogP contribution in [-0.4, -0.2) is 16.1 Å². The van der Waals surface area contributed by atoms with Crippen molar-refractivity contribution in [1.82, 2.24) is 4.98 Å². The van der Waals surface area contributed by atoms with Crippen LogP contribution in [0.3, 0.4) is 0 Å². The van der Waals surface area contributed by atoms with Crippen molar-refractivity contribution in [2.24, 2.45) is 5.92 Å². The first-order valence-electron chi connectivity index (χ1n) is 6.18. The van der Waals surface area contributed by atoms with Crippen LogP contribution in [0.5, 0.6) is 0 Å². The smallest absolute Gasteiger partial charge is 0.347 e. The molecule has 7 heteroatoms. The van der Waals surface area contributed by atoms with Gasteiger partial charge < -0.3 is 5.11 Å². The third-order valence-electron chi connectivity index (χ3n) is 2.76. The van der Waals surface area contributed by atoms with Crippen LogP contribution in [0.4, 0.5) is 8.78 Å². The molecule has 0 amide bonds. The van der Waals surface area contributed by atoms with Gasteiger partial charge in [0, 0.05) is 5.56 Å². The Balaban J connectivity index is 2.55. The minimum Gasteiger partial charge on any atom is -0.477 e. The highest BCUT2D eigenvalue weighted by molar-refractivity contribution is 9.10. The largest absolute Gasteiger partial charge is 0.477 e. The Morgan fingerprint density at radius 1 is 1.43 bits per heavy atom. The Kier molecular flexibility index (Phi) is 4.73. The Morgan fingerprint density at radius 3 is 2.67 bits per heavy atom. The number of thiazole rings is 1. The van der Waals surface area contributed by atoms with Crippen molar-refractivity contribution in [3.63, 3.8) is 0 Å². The summed E-state index contributed by atoms with van der Waals surface area (Å²) in [6.07, 6.45) is 0.513. The lowest BCUT2D eigenvalue weighted by Gasteiger charge is -2.03. The van der Waals surface area contributed by atoms with E-state index in [4.69, 9.17) is 0 Å². The zero-order valence-electron chi connectivity index (χ0n) is 11.3. The highest BCUT2D eigenvalue weighted by Crippen LogP contribution is 2.36. The molecule has 21 heavy (non-hydrogen) atoms. The number of carboxylic acid groups (broad SMARTS) is 1. The highest BCUT2D eigenvalue weighted by atomic mass is 79.9. The lowest BCUT2D eigenvalue weighted by molar-refractivity contribution is 0.0700. The van der Waals surface area contributed by atoms with Crippen LogP contribution in [0.15, 0.2) is 16.6 Å². The molecule has 0 aliphatic rings. The topological polar surface area (TPSA) is 50.2 Å². The van der Waals surface area contributed by atoms with Gasteiger partial charge in [-0.1, -0.05) is 13.8 Å². The first kappa shape index (κ1) is 16.0. The molecule has 2 rings (SSSR count). The summed E-state index contributed by atoms with van der Waals surface area (Å²) >= 11 is 3.96. The van der Waals surface area contributed by atoms with Crippen LogP contribution in [0, 0.1) is 17.6 Å². The van der Waals surface area contributed by atoms with Gasteiger partial charge in [0.2, 0.25) is 0 Å². The normalized spacial score (nSPS) is 11.1. The maximum atomic E-state index is 13.6. The Bertz CT molecular complexity index is 701. The van der Waals surface area contributed by atoms with E-state index in [0.29, 0.717) is 22.7 Å². The predicted molar refractivity (Wildman–Crippen MR) is 80.7 cm³/mol. The summed E-state index contributed by atoms with van der Waals surface area (Å²) in [6.45, 7) is 3.91. The third-order valence-corrected chi connectivity index (χ3v) is 4.65. The van der Waals surface area contributed by atoms with Gasteiger partial charge in [0.25, 0.3) is 0 Å². The van der Waals surface area contributed by atoms with E-state index in [9.17, 15) is 18.7 Å². The molecule has 0 fully saturated rings. The fourth-order valence-electron chi connectivity index (χ4n) is 1.85. The predicted octanol–water partition coefficient (Wildman–Crippen LogP) is 4.75. The lowest BCUT2D eigenvalue weighted by Crippen LogP contribution is -2.02. The van der Waals surface area contributed by atoms with E-state index >= 15 is 0 Å². The van der Waals surface area contributed by atoms with E-state index in [-0.39, 0.29) is 15.3 Å². The molecular formula is C14H12BrF2NO2S. The van der Waals surface area contributed by atoms with Crippen LogP contribution in [0.2, 0.25) is 0 Å². The SMILES string of the molecule is CC(C)Cc1nc(-c2ccc(F)c(F)c2Br)sc1C(=O)O. The van der Waals surface area contributed by atoms with E-state index in [0.717, 1.165) is 17.4 Å². The summed E-state index contributed by atoms with van der Waals surface area (Å²) in [5.41, 5.74) is 0.811. The molecule has 1 N–H and O–H groups in total. The van der Waals surface area contributed by atoms with Crippen molar-refractivity contribution in [1.29, 1.82) is 0 Å². The molecule has 112 valence electrons. The van der Waals surface area contributed by atoms with Crippen LogP contribution in [0.25, 0.3) is 10.6 Å². The van der Waals surface area contributed by atoms with Crippen LogP contribution in [0.1, 0.15) is 29.2 Å². The van der Waals surface area contributed by atoms with Crippen molar-refractivity contribution >= 4 is 33.2 Å². The number of carboxylic acids is 1. The van der Waals surface area contributed by atoms with Crippen LogP contribution >= 0.6 is 27.3 Å². The van der Waals surface area contributed by atoms with Crippen molar-refractivity contribution < 1.29 is 18.7 Å². The van der Waals surface area contributed by atoms with Crippen molar-refractivity contribution in [2.45, 2.75) is 20.3 Å². The van der Waals surface area contributed by atoms with Gasteiger partial charge in [-0.25, -0.2) is 18.6 Å². The van der Waals surface area contributed by atoms with Crippen molar-refractivity contribution in [3.8, 4) is 10.6 Å². The number of rotatable bonds is 4. The first-order chi connectivity index (χ1) is 9.81. The van der Waals surface area contributed by atoms with E-state index in [1.54, 1.807) is 0 Å². The molecule has 0 aliphatic heterocycles. The maximum absolute atomic E-state index is 13.6. The highest BCUT2D eigenvalue weighted by Gasteiger charge is 2.21. The molecule has 2 aromatic rings. The minimum absolute atomic E-state index is 0.0516. The first-order valence-corrected chi connectivity index (χ1v) is 7.79. The van der Waals surface area contributed by atoms with Crippen molar-refractivity contribution in [2.75, 3.05) is 0 Å². The number of hydrogen-bond donors (Lipinski definition) is 1. The second-order valence-corrected chi connectivity index (χ2v) is 6.71. The Hall–Kier alpha value is -1.34. The maximum Gasteiger partial charge on any atom is 0.347 e. The molecule has 0 radical (unpaired) electrons. The van der Waals surface area contributed by atoms with Gasteiger partial charge in [-0.05, 0) is 40.4 Å². The fourth-order valence-corrected chi connectivity index (χ4v) is 3.45. The minimum atomic E-state index is -1.06.